The summed E-state index contributed by atoms with van der Waals surface area (Å²) >= 11 is 0. The van der Waals surface area contributed by atoms with Gasteiger partial charge in [0.05, 0.1) is 12.0 Å². The smallest absolute Gasteiger partial charge is 0.331 e. The van der Waals surface area contributed by atoms with Gasteiger partial charge < -0.3 is 14.6 Å². The Balaban J connectivity index is 2.11. The number of aliphatic hydroxyl groups excluding tert-OH is 1. The van der Waals surface area contributed by atoms with E-state index in [1.807, 2.05) is 25.2 Å². The molecule has 0 aliphatic carbocycles. The highest BCUT2D eigenvalue weighted by atomic mass is 16.5. The molecule has 0 spiro atoms. The number of carbonyl (C=O) groups is 4. The van der Waals surface area contributed by atoms with Gasteiger partial charge >= 0.3 is 5.97 Å². The van der Waals surface area contributed by atoms with E-state index in [4.69, 9.17) is 9.47 Å². The first-order valence-electron chi connectivity index (χ1n) is 12.4. The molecule has 194 valence electrons. The van der Waals surface area contributed by atoms with Gasteiger partial charge in [0.25, 0.3) is 0 Å². The van der Waals surface area contributed by atoms with E-state index in [0.29, 0.717) is 44.1 Å². The van der Waals surface area contributed by atoms with Crippen LogP contribution in [-0.4, -0.2) is 54.1 Å². The van der Waals surface area contributed by atoms with E-state index in [2.05, 4.69) is 5.32 Å². The lowest BCUT2D eigenvalue weighted by atomic mass is 9.86. The molecule has 2 amide bonds. The predicted molar refractivity (Wildman–Crippen MR) is 131 cm³/mol. The zero-order valence-electron chi connectivity index (χ0n) is 21.2. The molecule has 0 bridgehead atoms. The van der Waals surface area contributed by atoms with Crippen LogP contribution < -0.4 is 5.32 Å². The molecule has 2 aliphatic heterocycles. The lowest BCUT2D eigenvalue weighted by Gasteiger charge is -2.27. The average Bonchev–Trinajstić information content (AvgIpc) is 2.79. The molecular weight excluding hydrogens is 450 g/mol. The van der Waals surface area contributed by atoms with E-state index in [9.17, 15) is 24.3 Å². The molecule has 1 saturated heterocycles. The van der Waals surface area contributed by atoms with Crippen LogP contribution in [0, 0.1) is 17.8 Å². The molecule has 35 heavy (non-hydrogen) atoms. The van der Waals surface area contributed by atoms with Gasteiger partial charge in [-0.2, -0.15) is 0 Å². The molecule has 2 rings (SSSR count). The highest BCUT2D eigenvalue weighted by molar-refractivity contribution is 5.97. The fraction of sp³-hybridized carbons (Fsp3) is 0.630. The third-order valence-electron chi connectivity index (χ3n) is 6.67. The number of nitrogens with one attached hydrogen (secondary N) is 1. The molecular formula is C27H39NO7. The number of piperidine rings is 1. The number of carbonyl (C=O) groups excluding carboxylic acids is 4. The number of rotatable bonds is 7. The Labute approximate surface area is 207 Å². The molecule has 2 heterocycles. The van der Waals surface area contributed by atoms with Gasteiger partial charge in [-0.15, -0.1) is 0 Å². The van der Waals surface area contributed by atoms with Crippen LogP contribution in [0.2, 0.25) is 0 Å². The van der Waals surface area contributed by atoms with Crippen LogP contribution >= 0.6 is 0 Å². The molecule has 0 aromatic rings. The number of hydrogen-bond donors (Lipinski definition) is 2. The molecule has 2 N–H and O–H groups in total. The Kier molecular flexibility index (Phi) is 11.5. The summed E-state index contributed by atoms with van der Waals surface area (Å²) in [6.45, 7) is 5.39. The van der Waals surface area contributed by atoms with Crippen LogP contribution in [0.4, 0.5) is 0 Å². The maximum atomic E-state index is 13.0. The zero-order valence-corrected chi connectivity index (χ0v) is 21.2. The molecule has 0 radical (unpaired) electrons. The Morgan fingerprint density at radius 2 is 1.86 bits per heavy atom. The highest BCUT2D eigenvalue weighted by Crippen LogP contribution is 2.25. The summed E-state index contributed by atoms with van der Waals surface area (Å²) in [7, 11) is 1.55. The van der Waals surface area contributed by atoms with Crippen molar-refractivity contribution in [1.82, 2.24) is 5.32 Å². The molecule has 0 unspecified atom stereocenters. The van der Waals surface area contributed by atoms with E-state index in [0.717, 1.165) is 0 Å². The summed E-state index contributed by atoms with van der Waals surface area (Å²) in [5.74, 6) is -2.06. The lowest BCUT2D eigenvalue weighted by molar-refractivity contribution is -0.145. The third kappa shape index (κ3) is 9.18. The number of methoxy groups -OCH3 is 1. The van der Waals surface area contributed by atoms with Gasteiger partial charge in [0.1, 0.15) is 18.0 Å². The first-order valence-corrected chi connectivity index (χ1v) is 12.4. The first-order chi connectivity index (χ1) is 16.6. The van der Waals surface area contributed by atoms with E-state index in [1.54, 1.807) is 27.0 Å². The summed E-state index contributed by atoms with van der Waals surface area (Å²) < 4.78 is 11.1. The molecule has 5 atom stereocenters. The summed E-state index contributed by atoms with van der Waals surface area (Å²) in [5.41, 5.74) is 0.685. The van der Waals surface area contributed by atoms with Crippen molar-refractivity contribution >= 4 is 23.6 Å². The van der Waals surface area contributed by atoms with Crippen molar-refractivity contribution in [2.45, 2.75) is 84.0 Å². The number of aliphatic hydroxyl groups is 1. The lowest BCUT2D eigenvalue weighted by Crippen LogP contribution is -2.38. The maximum absolute atomic E-state index is 13.0. The van der Waals surface area contributed by atoms with Gasteiger partial charge in [-0.25, -0.2) is 4.79 Å². The predicted octanol–water partition coefficient (Wildman–Crippen LogP) is 3.19. The number of esters is 1. The Morgan fingerprint density at radius 1 is 1.20 bits per heavy atom. The number of amides is 2. The second-order valence-corrected chi connectivity index (χ2v) is 9.62. The number of imide groups is 1. The molecule has 2 aliphatic rings. The molecule has 1 fully saturated rings. The summed E-state index contributed by atoms with van der Waals surface area (Å²) in [4.78, 5) is 48.6. The SMILES string of the molecule is CO[C@H]1/C=C/CC/C=C/C(=O)O[C@H]([C@H](C)C(=O)CCCC2CC(=O)NC(=O)C2)/C(C)=C\[C@@H](C)[C@@H]1O. The van der Waals surface area contributed by atoms with Crippen molar-refractivity contribution in [3.63, 3.8) is 0 Å². The number of ketones is 1. The normalized spacial score (nSPS) is 31.3. The number of hydrogen-bond acceptors (Lipinski definition) is 7. The fourth-order valence-electron chi connectivity index (χ4n) is 4.61. The number of allylic oxidation sites excluding steroid dienone is 2. The minimum atomic E-state index is -0.803. The summed E-state index contributed by atoms with van der Waals surface area (Å²) in [6, 6.07) is 0. The van der Waals surface area contributed by atoms with Crippen molar-refractivity contribution in [3.8, 4) is 0 Å². The molecule has 8 nitrogen and oxygen atoms in total. The van der Waals surface area contributed by atoms with Crippen molar-refractivity contribution in [2.75, 3.05) is 7.11 Å². The van der Waals surface area contributed by atoms with Crippen molar-refractivity contribution < 1.29 is 33.8 Å². The van der Waals surface area contributed by atoms with Gasteiger partial charge in [0.15, 0.2) is 0 Å². The molecule has 0 aromatic carbocycles. The molecule has 8 heteroatoms. The Hall–Kier alpha value is -2.58. The largest absolute Gasteiger partial charge is 0.454 e. The monoisotopic (exact) mass is 489 g/mol. The minimum absolute atomic E-state index is 0.0524. The van der Waals surface area contributed by atoms with Crippen LogP contribution in [0.5, 0.6) is 0 Å². The van der Waals surface area contributed by atoms with Gasteiger partial charge in [0.2, 0.25) is 11.8 Å². The zero-order chi connectivity index (χ0) is 26.0. The minimum Gasteiger partial charge on any atom is -0.454 e. The topological polar surface area (TPSA) is 119 Å². The van der Waals surface area contributed by atoms with Crippen molar-refractivity contribution in [3.05, 3.63) is 36.0 Å². The second-order valence-electron chi connectivity index (χ2n) is 9.62. The van der Waals surface area contributed by atoms with E-state index in [1.165, 1.54) is 6.08 Å². The van der Waals surface area contributed by atoms with Crippen LogP contribution in [0.1, 0.15) is 65.7 Å². The van der Waals surface area contributed by atoms with Crippen LogP contribution in [0.25, 0.3) is 0 Å². The fourth-order valence-corrected chi connectivity index (χ4v) is 4.61. The van der Waals surface area contributed by atoms with Gasteiger partial charge in [0, 0.05) is 38.4 Å². The van der Waals surface area contributed by atoms with Crippen LogP contribution in [-0.2, 0) is 28.7 Å². The number of ether oxygens (including phenoxy) is 2. The number of Topliss-reactive ketones (excluding diaryl/α,β-unsaturated/α-hetero) is 1. The van der Waals surface area contributed by atoms with E-state index >= 15 is 0 Å². The summed E-state index contributed by atoms with van der Waals surface area (Å²) in [5, 5.41) is 13.1. The number of cyclic esters (lactones) is 1. The highest BCUT2D eigenvalue weighted by Gasteiger charge is 2.31. The standard InChI is InChI=1S/C27H39NO7/c1-17-14-18(2)27(35-25(32)13-8-6-5-7-12-22(34-4)26(17)33)19(3)21(29)11-9-10-20-15-23(30)28-24(31)16-20/h7-8,12-14,17,19-20,22,26-27,33H,5-6,9-11,15-16H2,1-4H3,(H,28,30,31)/b12-7+,13-8+,18-14-/t17-,19-,22+,26+,27+/m1/s1. The van der Waals surface area contributed by atoms with Crippen molar-refractivity contribution in [1.29, 1.82) is 0 Å². The van der Waals surface area contributed by atoms with Gasteiger partial charge in [-0.3, -0.25) is 19.7 Å². The summed E-state index contributed by atoms with van der Waals surface area (Å²) in [6.07, 6.45) is 9.96. The van der Waals surface area contributed by atoms with E-state index < -0.39 is 30.2 Å². The quantitative estimate of drug-likeness (QED) is 0.320. The Morgan fingerprint density at radius 3 is 2.51 bits per heavy atom. The van der Waals surface area contributed by atoms with Crippen LogP contribution in [0.15, 0.2) is 36.0 Å². The van der Waals surface area contributed by atoms with Crippen LogP contribution in [0.3, 0.4) is 0 Å². The van der Waals surface area contributed by atoms with Gasteiger partial charge in [-0.05, 0) is 44.1 Å². The van der Waals surface area contributed by atoms with E-state index in [-0.39, 0.29) is 35.9 Å². The molecule has 0 aromatic heterocycles. The second kappa shape index (κ2) is 14.1. The first kappa shape index (κ1) is 28.7. The third-order valence-corrected chi connectivity index (χ3v) is 6.67. The Bertz CT molecular complexity index is 844. The van der Waals surface area contributed by atoms with Crippen molar-refractivity contribution in [2.24, 2.45) is 17.8 Å². The molecule has 0 saturated carbocycles. The maximum Gasteiger partial charge on any atom is 0.331 e. The average molecular weight is 490 g/mol. The van der Waals surface area contributed by atoms with Gasteiger partial charge in [-0.1, -0.05) is 38.2 Å².